The highest BCUT2D eigenvalue weighted by molar-refractivity contribution is 7.00. The zero-order valence-electron chi connectivity index (χ0n) is 45.3. The zero-order valence-corrected chi connectivity index (χ0v) is 45.3. The third-order valence-electron chi connectivity index (χ3n) is 17.6. The predicted octanol–water partition coefficient (Wildman–Crippen LogP) is 15.5. The maximum Gasteiger partial charge on any atom is 0.252 e. The number of aromatic nitrogens is 2. The molecule has 1 spiro atoms. The summed E-state index contributed by atoms with van der Waals surface area (Å²) in [6, 6.07) is 43.2. The van der Waals surface area contributed by atoms with Gasteiger partial charge in [-0.1, -0.05) is 203 Å². The monoisotopic (exact) mass is 915 g/mol. The molecule has 13 rings (SSSR count). The summed E-state index contributed by atoms with van der Waals surface area (Å²) in [5.74, 6) is 0. The summed E-state index contributed by atoms with van der Waals surface area (Å²) < 4.78 is 5.53. The number of nitrogens with zero attached hydrogens (tertiary/aromatic N) is 2. The number of benzene rings is 7. The standard InChI is InChI=1S/C67H71BN2/c1-61(2,3)36-19-22-41-42-23-20-37(62(4,5)6)32-49(42)67(48(41)31-36)47-26-28-53-56-59(47)70-57-44(29-39(33-50(57)67)64(10,11)12)45-30-40(65(13,14)15)34-52(58(45)70)68(56)51-27-25-46(66(16,17)18)55-43-24-21-38(63(7,8)9)35-54(43)69(53)60(51)55/h19-35H,1-18H3. The third-order valence-corrected chi connectivity index (χ3v) is 17.6. The lowest BCUT2D eigenvalue weighted by atomic mass is 9.33. The summed E-state index contributed by atoms with van der Waals surface area (Å²) in [5.41, 5.74) is 28.4. The predicted molar refractivity (Wildman–Crippen MR) is 303 cm³/mol. The summed E-state index contributed by atoms with van der Waals surface area (Å²) in [6.07, 6.45) is 0. The Balaban J connectivity index is 1.32. The minimum absolute atomic E-state index is 0.00431. The second-order valence-corrected chi connectivity index (χ2v) is 28.3. The van der Waals surface area contributed by atoms with Gasteiger partial charge in [-0.3, -0.25) is 0 Å². The van der Waals surface area contributed by atoms with Crippen LogP contribution in [-0.2, 0) is 37.9 Å². The molecule has 0 saturated heterocycles. The van der Waals surface area contributed by atoms with Crippen LogP contribution in [0.2, 0.25) is 0 Å². The van der Waals surface area contributed by atoms with Crippen LogP contribution < -0.4 is 16.4 Å². The third kappa shape index (κ3) is 5.43. The lowest BCUT2D eigenvalue weighted by Crippen LogP contribution is -2.60. The fourth-order valence-corrected chi connectivity index (χ4v) is 13.7. The molecular formula is C67H71BN2. The van der Waals surface area contributed by atoms with Crippen LogP contribution in [0.5, 0.6) is 0 Å². The van der Waals surface area contributed by atoms with Gasteiger partial charge in [0.05, 0.1) is 16.4 Å². The van der Waals surface area contributed by atoms with Gasteiger partial charge in [-0.2, -0.15) is 0 Å². The molecule has 0 fully saturated rings. The Morgan fingerprint density at radius 3 is 1.44 bits per heavy atom. The van der Waals surface area contributed by atoms with E-state index in [1.54, 1.807) is 0 Å². The van der Waals surface area contributed by atoms with Crippen molar-refractivity contribution in [3.63, 3.8) is 0 Å². The van der Waals surface area contributed by atoms with Gasteiger partial charge in [0.15, 0.2) is 0 Å². The zero-order chi connectivity index (χ0) is 49.7. The van der Waals surface area contributed by atoms with Gasteiger partial charge in [-0.15, -0.1) is 0 Å². The molecule has 1 aliphatic carbocycles. The van der Waals surface area contributed by atoms with Crippen molar-refractivity contribution in [2.45, 2.75) is 163 Å². The van der Waals surface area contributed by atoms with E-state index >= 15 is 0 Å². The minimum Gasteiger partial charge on any atom is -0.310 e. The van der Waals surface area contributed by atoms with Gasteiger partial charge < -0.3 is 9.13 Å². The molecule has 70 heavy (non-hydrogen) atoms. The topological polar surface area (TPSA) is 9.86 Å². The number of rotatable bonds is 0. The largest absolute Gasteiger partial charge is 0.310 e. The van der Waals surface area contributed by atoms with E-state index in [9.17, 15) is 0 Å². The van der Waals surface area contributed by atoms with E-state index in [4.69, 9.17) is 0 Å². The molecule has 9 aromatic rings. The van der Waals surface area contributed by atoms with Gasteiger partial charge in [0.2, 0.25) is 0 Å². The molecule has 2 nitrogen and oxygen atoms in total. The van der Waals surface area contributed by atoms with E-state index in [0.29, 0.717) is 0 Å². The molecule has 0 amide bonds. The van der Waals surface area contributed by atoms with E-state index < -0.39 is 5.41 Å². The molecular weight excluding hydrogens is 844 g/mol. The molecule has 352 valence electrons. The lowest BCUT2D eigenvalue weighted by molar-refractivity contribution is 0.583. The van der Waals surface area contributed by atoms with Crippen LogP contribution in [0.3, 0.4) is 0 Å². The smallest absolute Gasteiger partial charge is 0.252 e. The highest BCUT2D eigenvalue weighted by atomic mass is 15.1. The molecule has 0 atom stereocenters. The molecule has 3 aliphatic heterocycles. The van der Waals surface area contributed by atoms with E-state index in [1.807, 2.05) is 0 Å². The average Bonchev–Trinajstić information content (AvgIpc) is 3.88. The van der Waals surface area contributed by atoms with Gasteiger partial charge in [0.1, 0.15) is 0 Å². The molecule has 4 aliphatic rings. The van der Waals surface area contributed by atoms with E-state index in [0.717, 1.165) is 0 Å². The van der Waals surface area contributed by atoms with Crippen LogP contribution in [0.15, 0.2) is 103 Å². The van der Waals surface area contributed by atoms with Crippen LogP contribution in [0, 0.1) is 0 Å². The quantitative estimate of drug-likeness (QED) is 0.134. The molecule has 3 heteroatoms. The molecule has 5 heterocycles. The van der Waals surface area contributed by atoms with Crippen LogP contribution in [0.4, 0.5) is 0 Å². The number of fused-ring (bicyclic) bond motifs is 14. The maximum atomic E-state index is 2.81. The van der Waals surface area contributed by atoms with Crippen molar-refractivity contribution in [3.8, 4) is 22.5 Å². The SMILES string of the molecule is CC(C)(C)c1ccc2c(c1)C1(c3cc(C(C)(C)C)ccc3-2)c2ccc3c4c2-n2c5c(cc(C(C)(C)C)cc5c5cc(C(C)(C)C)cc1c52)B4c1ccc(C(C)(C)C)c2c4ccc(C(C)(C)C)cc4n-3c12. The second-order valence-electron chi connectivity index (χ2n) is 28.3. The van der Waals surface area contributed by atoms with Crippen LogP contribution >= 0.6 is 0 Å². The summed E-state index contributed by atoms with van der Waals surface area (Å²) in [5, 5.41) is 5.54. The first-order valence-electron chi connectivity index (χ1n) is 26.3. The Hall–Kier alpha value is -5.80. The fourth-order valence-electron chi connectivity index (χ4n) is 13.7. The summed E-state index contributed by atoms with van der Waals surface area (Å²) in [6.45, 7) is 43.1. The van der Waals surface area contributed by atoms with Gasteiger partial charge in [0.25, 0.3) is 6.71 Å². The van der Waals surface area contributed by atoms with Gasteiger partial charge >= 0.3 is 0 Å². The Morgan fingerprint density at radius 2 is 0.886 bits per heavy atom. The van der Waals surface area contributed by atoms with E-state index in [-0.39, 0.29) is 39.2 Å². The molecule has 7 aromatic carbocycles. The molecule has 0 radical (unpaired) electrons. The van der Waals surface area contributed by atoms with Crippen molar-refractivity contribution >= 4 is 66.7 Å². The molecule has 0 saturated carbocycles. The van der Waals surface area contributed by atoms with Gasteiger partial charge in [-0.05, 0) is 140 Å². The maximum absolute atomic E-state index is 2.81. The molecule has 2 aromatic heterocycles. The Bertz CT molecular complexity index is 3810. The highest BCUT2D eigenvalue weighted by Crippen LogP contribution is 2.63. The van der Waals surface area contributed by atoms with Crippen molar-refractivity contribution in [2.24, 2.45) is 0 Å². The van der Waals surface area contributed by atoms with E-state index in [1.165, 1.54) is 138 Å². The Labute approximate surface area is 417 Å². The van der Waals surface area contributed by atoms with E-state index in [2.05, 4.69) is 237 Å². The first-order chi connectivity index (χ1) is 32.5. The summed E-state index contributed by atoms with van der Waals surface area (Å²) >= 11 is 0. The fraction of sp³-hybridized carbons (Fsp3) is 0.373. The first-order valence-corrected chi connectivity index (χ1v) is 26.3. The Morgan fingerprint density at radius 1 is 0.371 bits per heavy atom. The van der Waals surface area contributed by atoms with Gasteiger partial charge in [-0.25, -0.2) is 0 Å². The van der Waals surface area contributed by atoms with Crippen LogP contribution in [0.25, 0.3) is 66.1 Å². The molecule has 0 unspecified atom stereocenters. The van der Waals surface area contributed by atoms with Gasteiger partial charge in [0, 0.05) is 44.0 Å². The first kappa shape index (κ1) is 44.2. The van der Waals surface area contributed by atoms with Crippen molar-refractivity contribution in [3.05, 3.63) is 159 Å². The minimum atomic E-state index is -0.583. The molecule has 0 bridgehead atoms. The number of hydrogen-bond acceptors (Lipinski definition) is 0. The number of hydrogen-bond donors (Lipinski definition) is 0. The lowest BCUT2D eigenvalue weighted by Gasteiger charge is -2.45. The van der Waals surface area contributed by atoms with Crippen LogP contribution in [-0.4, -0.2) is 15.8 Å². The second kappa shape index (κ2) is 13.0. The van der Waals surface area contributed by atoms with Crippen LogP contribution in [0.1, 0.15) is 180 Å². The molecule has 0 N–H and O–H groups in total. The summed E-state index contributed by atoms with van der Waals surface area (Å²) in [7, 11) is 0. The normalized spacial score (nSPS) is 15.7. The van der Waals surface area contributed by atoms with Crippen molar-refractivity contribution in [1.29, 1.82) is 0 Å². The highest BCUT2D eigenvalue weighted by Gasteiger charge is 2.55. The Kier molecular flexibility index (Phi) is 8.20. The summed E-state index contributed by atoms with van der Waals surface area (Å²) in [4.78, 5) is 0. The van der Waals surface area contributed by atoms with Crippen molar-refractivity contribution < 1.29 is 0 Å². The van der Waals surface area contributed by atoms with Crippen molar-refractivity contribution in [1.82, 2.24) is 9.13 Å². The average molecular weight is 915 g/mol. The van der Waals surface area contributed by atoms with Crippen molar-refractivity contribution in [2.75, 3.05) is 0 Å².